The molecule has 140 valence electrons. The second kappa shape index (κ2) is 8.40. The number of piperidine rings is 1. The van der Waals surface area contributed by atoms with E-state index in [1.807, 2.05) is 23.1 Å². The molecule has 0 saturated carbocycles. The smallest absolute Gasteiger partial charge is 0.223 e. The Balaban J connectivity index is 1.33. The molecular weight excluding hydrogens is 379 g/mol. The number of carbonyl (C=O) groups is 1. The minimum Gasteiger partial charge on any atom is -0.342 e. The van der Waals surface area contributed by atoms with Crippen molar-refractivity contribution in [3.8, 4) is 0 Å². The second-order valence-electron chi connectivity index (χ2n) is 6.75. The lowest BCUT2D eigenvalue weighted by atomic mass is 9.98. The van der Waals surface area contributed by atoms with Gasteiger partial charge in [-0.2, -0.15) is 0 Å². The number of carbonyl (C=O) groups excluding carboxylic acids is 1. The Kier molecular flexibility index (Phi) is 5.74. The van der Waals surface area contributed by atoms with E-state index in [2.05, 4.69) is 6.07 Å². The van der Waals surface area contributed by atoms with Crippen LogP contribution in [0.2, 0.25) is 0 Å². The van der Waals surface area contributed by atoms with Crippen molar-refractivity contribution in [3.05, 3.63) is 59.4 Å². The highest BCUT2D eigenvalue weighted by molar-refractivity contribution is 7.99. The van der Waals surface area contributed by atoms with E-state index in [1.54, 1.807) is 35.2 Å². The lowest BCUT2D eigenvalue weighted by molar-refractivity contribution is -0.131. The number of amides is 1. The number of likely N-dealkylation sites (tertiary alicyclic amines) is 1. The van der Waals surface area contributed by atoms with Crippen molar-refractivity contribution < 1.29 is 9.18 Å². The fourth-order valence-electron chi connectivity index (χ4n) is 3.42. The molecule has 1 amide bonds. The first kappa shape index (κ1) is 18.4. The van der Waals surface area contributed by atoms with Gasteiger partial charge in [0.15, 0.2) is 0 Å². The van der Waals surface area contributed by atoms with E-state index in [1.165, 1.54) is 16.8 Å². The predicted molar refractivity (Wildman–Crippen MR) is 110 cm³/mol. The molecule has 0 aliphatic carbocycles. The van der Waals surface area contributed by atoms with Gasteiger partial charge < -0.3 is 4.90 Å². The average molecular weight is 401 g/mol. The summed E-state index contributed by atoms with van der Waals surface area (Å²) < 4.78 is 14.2. The van der Waals surface area contributed by atoms with Crippen LogP contribution in [0.25, 0.3) is 10.2 Å². The summed E-state index contributed by atoms with van der Waals surface area (Å²) >= 11 is 3.35. The third kappa shape index (κ3) is 4.50. The quantitative estimate of drug-likeness (QED) is 0.543. The van der Waals surface area contributed by atoms with Gasteiger partial charge in [0.1, 0.15) is 5.82 Å². The number of thiazole rings is 1. The molecule has 1 fully saturated rings. The topological polar surface area (TPSA) is 33.2 Å². The van der Waals surface area contributed by atoms with Crippen LogP contribution in [0.4, 0.5) is 4.39 Å². The van der Waals surface area contributed by atoms with Crippen LogP contribution in [0.1, 0.15) is 30.2 Å². The van der Waals surface area contributed by atoms with Gasteiger partial charge in [-0.05, 0) is 49.2 Å². The SMILES string of the molecule is O=C(CCSc1ccc(F)cc1)N1CCC[C@H](c2nc3ccccc3s2)C1. The highest BCUT2D eigenvalue weighted by Gasteiger charge is 2.26. The Bertz CT molecular complexity index is 892. The van der Waals surface area contributed by atoms with Crippen molar-refractivity contribution >= 4 is 39.2 Å². The summed E-state index contributed by atoms with van der Waals surface area (Å²) in [5.74, 6) is 1.03. The van der Waals surface area contributed by atoms with E-state index >= 15 is 0 Å². The second-order valence-corrected chi connectivity index (χ2v) is 8.98. The van der Waals surface area contributed by atoms with E-state index < -0.39 is 0 Å². The van der Waals surface area contributed by atoms with Gasteiger partial charge in [-0.15, -0.1) is 23.1 Å². The largest absolute Gasteiger partial charge is 0.342 e. The van der Waals surface area contributed by atoms with Crippen molar-refractivity contribution in [2.24, 2.45) is 0 Å². The molecule has 0 radical (unpaired) electrons. The number of fused-ring (bicyclic) bond motifs is 1. The van der Waals surface area contributed by atoms with Crippen molar-refractivity contribution in [2.75, 3.05) is 18.8 Å². The minimum absolute atomic E-state index is 0.204. The normalized spacial score (nSPS) is 17.4. The molecule has 0 spiro atoms. The van der Waals surface area contributed by atoms with Crippen LogP contribution in [0, 0.1) is 5.82 Å². The number of aromatic nitrogens is 1. The maximum atomic E-state index is 13.0. The third-order valence-corrected chi connectivity index (χ3v) is 7.04. The Morgan fingerprint density at radius 3 is 2.85 bits per heavy atom. The summed E-state index contributed by atoms with van der Waals surface area (Å²) in [5.41, 5.74) is 1.05. The van der Waals surface area contributed by atoms with E-state index in [4.69, 9.17) is 4.98 Å². The molecule has 27 heavy (non-hydrogen) atoms. The zero-order valence-corrected chi connectivity index (χ0v) is 16.6. The number of hydrogen-bond donors (Lipinski definition) is 0. The van der Waals surface area contributed by atoms with Gasteiger partial charge in [-0.1, -0.05) is 12.1 Å². The summed E-state index contributed by atoms with van der Waals surface area (Å²) in [6.45, 7) is 1.60. The maximum absolute atomic E-state index is 13.0. The molecule has 2 heterocycles. The summed E-state index contributed by atoms with van der Waals surface area (Å²) in [6, 6.07) is 14.6. The first-order valence-corrected chi connectivity index (χ1v) is 11.0. The van der Waals surface area contributed by atoms with Crippen LogP contribution in [-0.2, 0) is 4.79 Å². The summed E-state index contributed by atoms with van der Waals surface area (Å²) in [6.07, 6.45) is 2.62. The van der Waals surface area contributed by atoms with Crippen LogP contribution in [-0.4, -0.2) is 34.6 Å². The van der Waals surface area contributed by atoms with Gasteiger partial charge in [-0.25, -0.2) is 9.37 Å². The molecule has 2 aromatic carbocycles. The minimum atomic E-state index is -0.232. The Morgan fingerprint density at radius 2 is 2.04 bits per heavy atom. The number of rotatable bonds is 5. The molecule has 0 bridgehead atoms. The van der Waals surface area contributed by atoms with E-state index in [-0.39, 0.29) is 11.7 Å². The summed E-state index contributed by atoms with van der Waals surface area (Å²) in [7, 11) is 0. The Labute approximate surface area is 166 Å². The van der Waals surface area contributed by atoms with Crippen LogP contribution < -0.4 is 0 Å². The number of benzene rings is 2. The molecule has 6 heteroatoms. The van der Waals surface area contributed by atoms with E-state index in [9.17, 15) is 9.18 Å². The molecule has 3 aromatic rings. The summed E-state index contributed by atoms with van der Waals surface area (Å²) in [5, 5.41) is 1.15. The average Bonchev–Trinajstić information content (AvgIpc) is 3.14. The number of hydrogen-bond acceptors (Lipinski definition) is 4. The number of thioether (sulfide) groups is 1. The fraction of sp³-hybridized carbons (Fsp3) is 0.333. The molecule has 3 nitrogen and oxygen atoms in total. The maximum Gasteiger partial charge on any atom is 0.223 e. The molecule has 0 N–H and O–H groups in total. The molecule has 1 aromatic heterocycles. The van der Waals surface area contributed by atoms with Gasteiger partial charge in [-0.3, -0.25) is 4.79 Å². The van der Waals surface area contributed by atoms with Crippen LogP contribution >= 0.6 is 23.1 Å². The third-order valence-electron chi connectivity index (χ3n) is 4.83. The molecule has 0 unspecified atom stereocenters. The molecular formula is C21H21FN2OS2. The zero-order valence-electron chi connectivity index (χ0n) is 14.9. The van der Waals surface area contributed by atoms with Crippen LogP contribution in [0.15, 0.2) is 53.4 Å². The van der Waals surface area contributed by atoms with Crippen LogP contribution in [0.3, 0.4) is 0 Å². The molecule has 4 rings (SSSR count). The first-order valence-electron chi connectivity index (χ1n) is 9.20. The fourth-order valence-corrected chi connectivity index (χ4v) is 5.35. The molecule has 1 aliphatic rings. The first-order chi connectivity index (χ1) is 13.2. The number of nitrogens with zero attached hydrogens (tertiary/aromatic N) is 2. The lowest BCUT2D eigenvalue weighted by Crippen LogP contribution is -2.39. The lowest BCUT2D eigenvalue weighted by Gasteiger charge is -2.32. The van der Waals surface area contributed by atoms with Crippen molar-refractivity contribution in [1.82, 2.24) is 9.88 Å². The van der Waals surface area contributed by atoms with Crippen molar-refractivity contribution in [3.63, 3.8) is 0 Å². The Morgan fingerprint density at radius 1 is 1.22 bits per heavy atom. The highest BCUT2D eigenvalue weighted by atomic mass is 32.2. The van der Waals surface area contributed by atoms with E-state index in [0.29, 0.717) is 18.1 Å². The van der Waals surface area contributed by atoms with Gasteiger partial charge in [0.25, 0.3) is 0 Å². The predicted octanol–water partition coefficient (Wildman–Crippen LogP) is 5.32. The van der Waals surface area contributed by atoms with E-state index in [0.717, 1.165) is 41.4 Å². The summed E-state index contributed by atoms with van der Waals surface area (Å²) in [4.78, 5) is 20.4. The molecule has 1 saturated heterocycles. The van der Waals surface area contributed by atoms with Gasteiger partial charge in [0.05, 0.1) is 15.2 Å². The van der Waals surface area contributed by atoms with Gasteiger partial charge >= 0.3 is 0 Å². The molecule has 1 atom stereocenters. The Hall–Kier alpha value is -1.92. The zero-order chi connectivity index (χ0) is 18.6. The highest BCUT2D eigenvalue weighted by Crippen LogP contribution is 2.33. The molecule has 1 aliphatic heterocycles. The van der Waals surface area contributed by atoms with Crippen LogP contribution in [0.5, 0.6) is 0 Å². The van der Waals surface area contributed by atoms with Gasteiger partial charge in [0.2, 0.25) is 5.91 Å². The van der Waals surface area contributed by atoms with Crippen molar-refractivity contribution in [2.45, 2.75) is 30.1 Å². The van der Waals surface area contributed by atoms with Gasteiger partial charge in [0, 0.05) is 36.1 Å². The standard InChI is InChI=1S/C21H21FN2OS2/c22-16-7-9-17(10-8-16)26-13-11-20(25)24-12-3-4-15(14-24)21-23-18-5-1-2-6-19(18)27-21/h1-2,5-10,15H,3-4,11-14H2/t15-/m0/s1. The monoisotopic (exact) mass is 400 g/mol. The van der Waals surface area contributed by atoms with Crippen molar-refractivity contribution in [1.29, 1.82) is 0 Å². The number of para-hydroxylation sites is 1. The number of halogens is 1.